The number of hydrogen-bond acceptors (Lipinski definition) is 4. The third kappa shape index (κ3) is 7.63. The maximum Gasteiger partial charge on any atom is 0.416 e. The van der Waals surface area contributed by atoms with Gasteiger partial charge in [0.05, 0.1) is 12.7 Å². The van der Waals surface area contributed by atoms with Crippen LogP contribution in [0.1, 0.15) is 36.1 Å². The minimum absolute atomic E-state index is 0.0148. The number of hydrogen-bond donors (Lipinski definition) is 2. The second-order valence-corrected chi connectivity index (χ2v) is 8.65. The number of benzene rings is 3. The fourth-order valence-electron chi connectivity index (χ4n) is 3.67. The average molecular weight is 522 g/mol. The molecule has 2 N–H and O–H groups in total. The first-order valence-corrected chi connectivity index (χ1v) is 11.7. The van der Waals surface area contributed by atoms with Gasteiger partial charge in [0.15, 0.2) is 0 Å². The first-order chi connectivity index (χ1) is 17.1. The van der Waals surface area contributed by atoms with Crippen molar-refractivity contribution in [3.05, 3.63) is 82.4 Å². The molecule has 9 heteroatoms. The van der Waals surface area contributed by atoms with E-state index in [0.29, 0.717) is 28.3 Å². The molecule has 3 aromatic carbocycles. The lowest BCUT2D eigenvalue weighted by molar-refractivity contribution is -0.138. The number of carboxylic acids is 1. The number of ether oxygens (including phenoxy) is 2. The van der Waals surface area contributed by atoms with Crippen molar-refractivity contribution in [3.8, 4) is 22.6 Å². The predicted molar refractivity (Wildman–Crippen MR) is 133 cm³/mol. The summed E-state index contributed by atoms with van der Waals surface area (Å²) in [5, 5.41) is 12.6. The summed E-state index contributed by atoms with van der Waals surface area (Å²) in [4.78, 5) is 10.9. The number of nitrogens with one attached hydrogen (secondary N) is 1. The highest BCUT2D eigenvalue weighted by Crippen LogP contribution is 2.36. The van der Waals surface area contributed by atoms with Gasteiger partial charge in [-0.25, -0.2) is 0 Å². The van der Waals surface area contributed by atoms with Crippen LogP contribution >= 0.6 is 11.6 Å². The Balaban J connectivity index is 1.74. The normalized spacial score (nSPS) is 12.3. The predicted octanol–water partition coefficient (Wildman–Crippen LogP) is 6.78. The van der Waals surface area contributed by atoms with E-state index in [1.165, 1.54) is 6.07 Å². The Kier molecular flexibility index (Phi) is 9.23. The van der Waals surface area contributed by atoms with E-state index in [1.807, 2.05) is 31.2 Å². The minimum Gasteiger partial charge on any atom is -0.497 e. The molecule has 0 fully saturated rings. The van der Waals surface area contributed by atoms with Gasteiger partial charge in [0.2, 0.25) is 0 Å². The van der Waals surface area contributed by atoms with Crippen molar-refractivity contribution < 1.29 is 32.5 Å². The Morgan fingerprint density at radius 3 is 2.53 bits per heavy atom. The van der Waals surface area contributed by atoms with Gasteiger partial charge in [-0.2, -0.15) is 13.2 Å². The lowest BCUT2D eigenvalue weighted by Crippen LogP contribution is -2.24. The van der Waals surface area contributed by atoms with Crippen LogP contribution in [0.5, 0.6) is 11.5 Å². The summed E-state index contributed by atoms with van der Waals surface area (Å²) in [7, 11) is 1.59. The number of carbonyl (C=O) groups is 1. The Morgan fingerprint density at radius 1 is 1.06 bits per heavy atom. The van der Waals surface area contributed by atoms with Crippen LogP contribution in [0.25, 0.3) is 11.1 Å². The van der Waals surface area contributed by atoms with Crippen LogP contribution in [-0.2, 0) is 17.4 Å². The zero-order chi connectivity index (χ0) is 26.3. The molecule has 5 nitrogen and oxygen atoms in total. The summed E-state index contributed by atoms with van der Waals surface area (Å²) < 4.78 is 51.7. The molecule has 3 rings (SSSR count). The van der Waals surface area contributed by atoms with E-state index in [0.717, 1.165) is 23.4 Å². The van der Waals surface area contributed by atoms with E-state index < -0.39 is 17.7 Å². The van der Waals surface area contributed by atoms with E-state index >= 15 is 0 Å². The second-order valence-electron chi connectivity index (χ2n) is 8.24. The number of carboxylic acid groups (broad SMARTS) is 1. The van der Waals surface area contributed by atoms with Crippen LogP contribution in [0.4, 0.5) is 13.2 Å². The molecule has 0 bridgehead atoms. The van der Waals surface area contributed by atoms with Crippen LogP contribution in [0.15, 0.2) is 60.7 Å². The van der Waals surface area contributed by atoms with Crippen LogP contribution in [0, 0.1) is 0 Å². The summed E-state index contributed by atoms with van der Waals surface area (Å²) >= 11 is 6.16. The van der Waals surface area contributed by atoms with Crippen LogP contribution in [-0.4, -0.2) is 31.3 Å². The van der Waals surface area contributed by atoms with Gasteiger partial charge in [0.25, 0.3) is 0 Å². The molecule has 36 heavy (non-hydrogen) atoms. The largest absolute Gasteiger partial charge is 0.497 e. The highest BCUT2D eigenvalue weighted by atomic mass is 35.5. The van der Waals surface area contributed by atoms with Crippen molar-refractivity contribution >= 4 is 17.6 Å². The van der Waals surface area contributed by atoms with Crippen LogP contribution in [0.3, 0.4) is 0 Å². The molecular weight excluding hydrogens is 495 g/mol. The van der Waals surface area contributed by atoms with Gasteiger partial charge in [-0.15, -0.1) is 0 Å². The zero-order valence-corrected chi connectivity index (χ0v) is 20.6. The van der Waals surface area contributed by atoms with E-state index in [9.17, 15) is 18.0 Å². The van der Waals surface area contributed by atoms with Gasteiger partial charge in [0, 0.05) is 24.0 Å². The smallest absolute Gasteiger partial charge is 0.416 e. The third-order valence-corrected chi connectivity index (χ3v) is 6.00. The summed E-state index contributed by atoms with van der Waals surface area (Å²) in [5.74, 6) is -0.166. The summed E-state index contributed by atoms with van der Waals surface area (Å²) in [6.07, 6.45) is -4.53. The molecule has 0 heterocycles. The van der Waals surface area contributed by atoms with Gasteiger partial charge in [-0.05, 0) is 78.1 Å². The Morgan fingerprint density at radius 2 is 1.83 bits per heavy atom. The molecule has 192 valence electrons. The molecule has 1 atom stereocenters. The number of aryl methyl sites for hydroxylation is 1. The summed E-state index contributed by atoms with van der Waals surface area (Å²) in [6.45, 7) is 2.53. The molecule has 0 aliphatic heterocycles. The standard InChI is InChI=1S/C27H27ClF3NO4/c1-17(18-4-3-5-23(14-18)35-2)32-10-11-36-24-15-21(13-22(16-24)27(29,30)31)19-6-8-25(28)20(12-19)7-9-26(33)34/h3-6,8,12-17,32H,7,9-11H2,1-2H3,(H,33,34). The number of alkyl halides is 3. The number of halogens is 4. The minimum atomic E-state index is -4.56. The Labute approximate surface area is 212 Å². The second kappa shape index (κ2) is 12.1. The maximum absolute atomic E-state index is 13.6. The average Bonchev–Trinajstić information content (AvgIpc) is 2.85. The fraction of sp³-hybridized carbons (Fsp3) is 0.296. The van der Waals surface area contributed by atoms with Crippen molar-refractivity contribution in [1.29, 1.82) is 0 Å². The molecule has 0 saturated heterocycles. The van der Waals surface area contributed by atoms with Crippen molar-refractivity contribution in [3.63, 3.8) is 0 Å². The number of rotatable bonds is 11. The lowest BCUT2D eigenvalue weighted by atomic mass is 9.98. The SMILES string of the molecule is COc1cccc(C(C)NCCOc2cc(-c3ccc(Cl)c(CCC(=O)O)c3)cc(C(F)(F)F)c2)c1. The van der Waals surface area contributed by atoms with Crippen molar-refractivity contribution in [2.24, 2.45) is 0 Å². The van der Waals surface area contributed by atoms with E-state index in [2.05, 4.69) is 5.32 Å². The molecule has 0 radical (unpaired) electrons. The Hall–Kier alpha value is -3.23. The highest BCUT2D eigenvalue weighted by molar-refractivity contribution is 6.31. The number of aliphatic carboxylic acids is 1. The fourth-order valence-corrected chi connectivity index (χ4v) is 3.89. The monoisotopic (exact) mass is 521 g/mol. The first-order valence-electron chi connectivity index (χ1n) is 11.3. The van der Waals surface area contributed by atoms with Gasteiger partial charge >= 0.3 is 12.1 Å². The molecule has 0 aromatic heterocycles. The van der Waals surface area contributed by atoms with Gasteiger partial charge in [0.1, 0.15) is 18.1 Å². The van der Waals surface area contributed by atoms with Crippen molar-refractivity contribution in [2.75, 3.05) is 20.3 Å². The van der Waals surface area contributed by atoms with Gasteiger partial charge in [-0.1, -0.05) is 29.8 Å². The first kappa shape index (κ1) is 27.4. The molecule has 0 spiro atoms. The molecule has 3 aromatic rings. The topological polar surface area (TPSA) is 67.8 Å². The molecule has 0 saturated carbocycles. The van der Waals surface area contributed by atoms with E-state index in [-0.39, 0.29) is 31.2 Å². The summed E-state index contributed by atoms with van der Waals surface area (Å²) in [6, 6.07) is 15.9. The molecule has 0 aliphatic carbocycles. The molecular formula is C27H27ClF3NO4. The van der Waals surface area contributed by atoms with E-state index in [4.69, 9.17) is 26.2 Å². The quantitative estimate of drug-likeness (QED) is 0.272. The van der Waals surface area contributed by atoms with Gasteiger partial charge in [-0.3, -0.25) is 4.79 Å². The highest BCUT2D eigenvalue weighted by Gasteiger charge is 2.31. The van der Waals surface area contributed by atoms with Crippen LogP contribution in [0.2, 0.25) is 5.02 Å². The van der Waals surface area contributed by atoms with E-state index in [1.54, 1.807) is 25.3 Å². The zero-order valence-electron chi connectivity index (χ0n) is 19.9. The molecule has 0 aliphatic rings. The third-order valence-electron chi connectivity index (χ3n) is 5.64. The van der Waals surface area contributed by atoms with Crippen molar-refractivity contribution in [1.82, 2.24) is 5.32 Å². The summed E-state index contributed by atoms with van der Waals surface area (Å²) in [5.41, 5.74) is 1.50. The molecule has 1 unspecified atom stereocenters. The number of methoxy groups -OCH3 is 1. The molecule has 0 amide bonds. The Bertz CT molecular complexity index is 1200. The lowest BCUT2D eigenvalue weighted by Gasteiger charge is -2.17. The maximum atomic E-state index is 13.6. The van der Waals surface area contributed by atoms with Gasteiger partial charge < -0.3 is 19.9 Å². The van der Waals surface area contributed by atoms with Crippen LogP contribution < -0.4 is 14.8 Å². The van der Waals surface area contributed by atoms with Crippen molar-refractivity contribution in [2.45, 2.75) is 32.0 Å².